The van der Waals surface area contributed by atoms with Gasteiger partial charge >= 0.3 is 0 Å². The summed E-state index contributed by atoms with van der Waals surface area (Å²) in [6.07, 6.45) is 4.11. The minimum atomic E-state index is -0.344. The maximum Gasteiger partial charge on any atom is 0.220 e. The molecule has 15 heavy (non-hydrogen) atoms. The van der Waals surface area contributed by atoms with Crippen LogP contribution in [0.5, 0.6) is 0 Å². The van der Waals surface area contributed by atoms with Crippen LogP contribution >= 0.6 is 0 Å². The highest BCUT2D eigenvalue weighted by Crippen LogP contribution is 2.16. The van der Waals surface area contributed by atoms with E-state index in [1.165, 1.54) is 0 Å². The van der Waals surface area contributed by atoms with E-state index in [1.54, 1.807) is 6.92 Å². The van der Waals surface area contributed by atoms with Gasteiger partial charge in [0.25, 0.3) is 0 Å². The third kappa shape index (κ3) is 5.74. The summed E-state index contributed by atoms with van der Waals surface area (Å²) >= 11 is 0. The van der Waals surface area contributed by atoms with E-state index in [0.29, 0.717) is 19.4 Å². The van der Waals surface area contributed by atoms with Gasteiger partial charge in [0, 0.05) is 19.6 Å². The molecule has 1 fully saturated rings. The molecule has 0 spiro atoms. The lowest BCUT2D eigenvalue weighted by molar-refractivity contribution is -0.121. The van der Waals surface area contributed by atoms with E-state index >= 15 is 0 Å². The molecule has 2 N–H and O–H groups in total. The Morgan fingerprint density at radius 1 is 1.67 bits per heavy atom. The van der Waals surface area contributed by atoms with E-state index in [2.05, 4.69) is 5.32 Å². The molecule has 1 heterocycles. The lowest BCUT2D eigenvalue weighted by atomic mass is 10.1. The zero-order valence-corrected chi connectivity index (χ0v) is 9.37. The van der Waals surface area contributed by atoms with Crippen LogP contribution in [-0.2, 0) is 9.53 Å². The fourth-order valence-corrected chi connectivity index (χ4v) is 1.67. The number of ether oxygens (including phenoxy) is 1. The largest absolute Gasteiger partial charge is 0.393 e. The molecule has 88 valence electrons. The third-order valence-electron chi connectivity index (χ3n) is 2.60. The first-order chi connectivity index (χ1) is 7.18. The second-order valence-electron chi connectivity index (χ2n) is 4.16. The van der Waals surface area contributed by atoms with Crippen LogP contribution in [0, 0.1) is 0 Å². The predicted molar refractivity (Wildman–Crippen MR) is 57.5 cm³/mol. The number of hydrogen-bond acceptors (Lipinski definition) is 3. The molecular weight excluding hydrogens is 194 g/mol. The van der Waals surface area contributed by atoms with E-state index in [1.807, 2.05) is 0 Å². The van der Waals surface area contributed by atoms with E-state index < -0.39 is 0 Å². The van der Waals surface area contributed by atoms with Gasteiger partial charge in [-0.05, 0) is 32.6 Å². The van der Waals surface area contributed by atoms with Crippen molar-refractivity contribution < 1.29 is 14.6 Å². The normalized spacial score (nSPS) is 22.7. The van der Waals surface area contributed by atoms with Crippen molar-refractivity contribution in [1.29, 1.82) is 0 Å². The van der Waals surface area contributed by atoms with Crippen LogP contribution in [0.25, 0.3) is 0 Å². The van der Waals surface area contributed by atoms with Gasteiger partial charge in [0.1, 0.15) is 0 Å². The van der Waals surface area contributed by atoms with Gasteiger partial charge in [0.2, 0.25) is 5.91 Å². The third-order valence-corrected chi connectivity index (χ3v) is 2.60. The number of hydrogen-bond donors (Lipinski definition) is 2. The summed E-state index contributed by atoms with van der Waals surface area (Å²) in [5.41, 5.74) is 0. The Hall–Kier alpha value is -0.610. The topological polar surface area (TPSA) is 58.6 Å². The monoisotopic (exact) mass is 215 g/mol. The van der Waals surface area contributed by atoms with Crippen LogP contribution in [-0.4, -0.2) is 36.4 Å². The second-order valence-corrected chi connectivity index (χ2v) is 4.16. The first-order valence-electron chi connectivity index (χ1n) is 5.75. The van der Waals surface area contributed by atoms with E-state index in [-0.39, 0.29) is 18.1 Å². The molecule has 1 rings (SSSR count). The van der Waals surface area contributed by atoms with Gasteiger partial charge in [-0.3, -0.25) is 4.79 Å². The highest BCUT2D eigenvalue weighted by Gasteiger charge is 2.16. The first kappa shape index (κ1) is 12.5. The van der Waals surface area contributed by atoms with Crippen molar-refractivity contribution in [3.8, 4) is 0 Å². The fraction of sp³-hybridized carbons (Fsp3) is 0.909. The Morgan fingerprint density at radius 2 is 2.47 bits per heavy atom. The Labute approximate surface area is 91.0 Å². The Kier molecular flexibility index (Phi) is 5.65. The van der Waals surface area contributed by atoms with Crippen molar-refractivity contribution in [3.05, 3.63) is 0 Å². The molecule has 2 unspecified atom stereocenters. The molecule has 1 aliphatic heterocycles. The summed E-state index contributed by atoms with van der Waals surface area (Å²) < 4.78 is 5.43. The summed E-state index contributed by atoms with van der Waals surface area (Å²) in [7, 11) is 0. The van der Waals surface area contributed by atoms with Crippen LogP contribution in [0.1, 0.15) is 39.0 Å². The average molecular weight is 215 g/mol. The van der Waals surface area contributed by atoms with Gasteiger partial charge < -0.3 is 15.2 Å². The Balaban J connectivity index is 1.98. The van der Waals surface area contributed by atoms with Crippen molar-refractivity contribution in [3.63, 3.8) is 0 Å². The van der Waals surface area contributed by atoms with Gasteiger partial charge in [-0.15, -0.1) is 0 Å². The highest BCUT2D eigenvalue weighted by atomic mass is 16.5. The zero-order chi connectivity index (χ0) is 11.1. The van der Waals surface area contributed by atoms with Gasteiger partial charge in [-0.1, -0.05) is 0 Å². The molecule has 0 aromatic carbocycles. The molecule has 1 aliphatic rings. The standard InChI is InChI=1S/C11H21NO3/c1-9(13)6-7-12-11(14)5-4-10-3-2-8-15-10/h9-10,13H,2-8H2,1H3,(H,12,14). The maximum absolute atomic E-state index is 11.3. The van der Waals surface area contributed by atoms with Crippen LogP contribution in [0.2, 0.25) is 0 Å². The van der Waals surface area contributed by atoms with Gasteiger partial charge in [-0.2, -0.15) is 0 Å². The Bertz CT molecular complexity index is 188. The number of rotatable bonds is 6. The highest BCUT2D eigenvalue weighted by molar-refractivity contribution is 5.75. The smallest absolute Gasteiger partial charge is 0.220 e. The van der Waals surface area contributed by atoms with Crippen LogP contribution in [0.4, 0.5) is 0 Å². The lowest BCUT2D eigenvalue weighted by Crippen LogP contribution is -2.27. The lowest BCUT2D eigenvalue weighted by Gasteiger charge is -2.09. The maximum atomic E-state index is 11.3. The Morgan fingerprint density at radius 3 is 3.07 bits per heavy atom. The number of carbonyl (C=O) groups is 1. The first-order valence-corrected chi connectivity index (χ1v) is 5.75. The summed E-state index contributed by atoms with van der Waals surface area (Å²) in [5.74, 6) is 0.0613. The molecule has 4 heteroatoms. The van der Waals surface area contributed by atoms with Crippen molar-refractivity contribution in [2.24, 2.45) is 0 Å². The number of amides is 1. The van der Waals surface area contributed by atoms with E-state index in [9.17, 15) is 4.79 Å². The minimum Gasteiger partial charge on any atom is -0.393 e. The summed E-state index contributed by atoms with van der Waals surface area (Å²) in [5, 5.41) is 11.8. The van der Waals surface area contributed by atoms with Gasteiger partial charge in [0.05, 0.1) is 12.2 Å². The molecule has 0 aromatic rings. The van der Waals surface area contributed by atoms with Crippen LogP contribution in [0.3, 0.4) is 0 Å². The number of carbonyl (C=O) groups excluding carboxylic acids is 1. The van der Waals surface area contributed by atoms with Crippen LogP contribution < -0.4 is 5.32 Å². The average Bonchev–Trinajstić information content (AvgIpc) is 2.66. The second kappa shape index (κ2) is 6.80. The zero-order valence-electron chi connectivity index (χ0n) is 9.37. The predicted octanol–water partition coefficient (Wildman–Crippen LogP) is 0.833. The molecule has 0 aliphatic carbocycles. The van der Waals surface area contributed by atoms with Crippen molar-refractivity contribution in [2.75, 3.05) is 13.2 Å². The van der Waals surface area contributed by atoms with E-state index in [0.717, 1.165) is 25.9 Å². The molecule has 0 saturated carbocycles. The molecule has 4 nitrogen and oxygen atoms in total. The fourth-order valence-electron chi connectivity index (χ4n) is 1.67. The number of nitrogens with one attached hydrogen (secondary N) is 1. The quantitative estimate of drug-likeness (QED) is 0.690. The molecule has 1 amide bonds. The summed E-state index contributed by atoms with van der Waals surface area (Å²) in [6.45, 7) is 3.12. The van der Waals surface area contributed by atoms with E-state index in [4.69, 9.17) is 9.84 Å². The molecule has 0 aromatic heterocycles. The SMILES string of the molecule is CC(O)CCNC(=O)CCC1CCCO1. The summed E-state index contributed by atoms with van der Waals surface area (Å²) in [6, 6.07) is 0. The minimum absolute atomic E-state index is 0.0613. The van der Waals surface area contributed by atoms with Crippen molar-refractivity contribution >= 4 is 5.91 Å². The number of aliphatic hydroxyl groups excluding tert-OH is 1. The molecule has 0 bridgehead atoms. The molecule has 1 saturated heterocycles. The summed E-state index contributed by atoms with van der Waals surface area (Å²) in [4.78, 5) is 11.3. The van der Waals surface area contributed by atoms with Crippen molar-refractivity contribution in [1.82, 2.24) is 5.32 Å². The van der Waals surface area contributed by atoms with Crippen molar-refractivity contribution in [2.45, 2.75) is 51.2 Å². The molecule has 0 radical (unpaired) electrons. The molecule has 2 atom stereocenters. The number of aliphatic hydroxyl groups is 1. The molecular formula is C11H21NO3. The van der Waals surface area contributed by atoms with Gasteiger partial charge in [0.15, 0.2) is 0 Å². The van der Waals surface area contributed by atoms with Gasteiger partial charge in [-0.25, -0.2) is 0 Å². The van der Waals surface area contributed by atoms with Crippen LogP contribution in [0.15, 0.2) is 0 Å².